The molecule has 1 N–H and O–H groups in total. The van der Waals surface area contributed by atoms with Gasteiger partial charge in [-0.3, -0.25) is 4.79 Å². The largest absolute Gasteiger partial charge is 0.356 e. The molecule has 3 heterocycles. The number of urea groups is 1. The summed E-state index contributed by atoms with van der Waals surface area (Å²) in [6.45, 7) is 6.48. The van der Waals surface area contributed by atoms with Gasteiger partial charge in [-0.2, -0.15) is 0 Å². The molecule has 0 atom stereocenters. The van der Waals surface area contributed by atoms with Crippen LogP contribution in [0.5, 0.6) is 0 Å². The number of rotatable bonds is 0. The second-order valence-corrected chi connectivity index (χ2v) is 6.89. The van der Waals surface area contributed by atoms with Crippen LogP contribution in [-0.2, 0) is 4.79 Å². The molecule has 0 unspecified atom stereocenters. The van der Waals surface area contributed by atoms with Crippen LogP contribution in [0.2, 0.25) is 0 Å². The highest BCUT2D eigenvalue weighted by molar-refractivity contribution is 5.79. The highest BCUT2D eigenvalue weighted by Gasteiger charge is 2.42. The maximum atomic E-state index is 12.5. The van der Waals surface area contributed by atoms with Gasteiger partial charge in [-0.05, 0) is 37.0 Å². The summed E-state index contributed by atoms with van der Waals surface area (Å²) in [4.78, 5) is 27.9. The Labute approximate surface area is 120 Å². The van der Waals surface area contributed by atoms with Crippen LogP contribution in [0, 0.1) is 11.3 Å². The summed E-state index contributed by atoms with van der Waals surface area (Å²) >= 11 is 0. The van der Waals surface area contributed by atoms with Crippen LogP contribution in [0.25, 0.3) is 0 Å². The molecule has 20 heavy (non-hydrogen) atoms. The summed E-state index contributed by atoms with van der Waals surface area (Å²) in [5.74, 6) is 0.925. The second kappa shape index (κ2) is 5.26. The van der Waals surface area contributed by atoms with Gasteiger partial charge < -0.3 is 15.1 Å². The van der Waals surface area contributed by atoms with E-state index >= 15 is 0 Å². The molecule has 3 saturated heterocycles. The van der Waals surface area contributed by atoms with Crippen molar-refractivity contribution >= 4 is 11.9 Å². The molecule has 5 heteroatoms. The Morgan fingerprint density at radius 2 is 1.75 bits per heavy atom. The number of piperidine rings is 2. The molecular weight excluding hydrogens is 254 g/mol. The highest BCUT2D eigenvalue weighted by Crippen LogP contribution is 2.37. The van der Waals surface area contributed by atoms with Gasteiger partial charge in [-0.25, -0.2) is 4.79 Å². The van der Waals surface area contributed by atoms with Gasteiger partial charge in [0.15, 0.2) is 0 Å². The summed E-state index contributed by atoms with van der Waals surface area (Å²) in [5, 5.41) is 2.94. The van der Waals surface area contributed by atoms with Gasteiger partial charge in [0.1, 0.15) is 0 Å². The molecule has 3 rings (SSSR count). The first-order valence-electron chi connectivity index (χ1n) is 7.89. The third-order valence-corrected chi connectivity index (χ3v) is 5.34. The van der Waals surface area contributed by atoms with Gasteiger partial charge in [0.05, 0.1) is 0 Å². The average molecular weight is 279 g/mol. The molecule has 5 nitrogen and oxygen atoms in total. The van der Waals surface area contributed by atoms with E-state index in [4.69, 9.17) is 0 Å². The van der Waals surface area contributed by atoms with Crippen molar-refractivity contribution < 1.29 is 9.59 Å². The van der Waals surface area contributed by atoms with Gasteiger partial charge in [-0.15, -0.1) is 0 Å². The molecule has 0 aromatic rings. The van der Waals surface area contributed by atoms with Gasteiger partial charge in [0.2, 0.25) is 5.91 Å². The van der Waals surface area contributed by atoms with Crippen LogP contribution in [0.15, 0.2) is 0 Å². The first-order chi connectivity index (χ1) is 9.58. The molecule has 0 saturated carbocycles. The molecule has 0 radical (unpaired) electrons. The minimum Gasteiger partial charge on any atom is -0.356 e. The summed E-state index contributed by atoms with van der Waals surface area (Å²) in [5.41, 5.74) is 0.129. The quantitative estimate of drug-likeness (QED) is 0.729. The summed E-state index contributed by atoms with van der Waals surface area (Å²) < 4.78 is 0. The van der Waals surface area contributed by atoms with Crippen molar-refractivity contribution in [2.45, 2.75) is 39.0 Å². The molecule has 3 aliphatic rings. The van der Waals surface area contributed by atoms with Crippen molar-refractivity contribution in [3.05, 3.63) is 0 Å². The van der Waals surface area contributed by atoms with Crippen LogP contribution >= 0.6 is 0 Å². The Kier molecular flexibility index (Phi) is 3.61. The summed E-state index contributed by atoms with van der Waals surface area (Å²) in [7, 11) is 0. The number of hydrogen-bond acceptors (Lipinski definition) is 2. The molecule has 1 spiro atoms. The van der Waals surface area contributed by atoms with E-state index in [1.165, 1.54) is 0 Å². The van der Waals surface area contributed by atoms with Crippen molar-refractivity contribution in [2.24, 2.45) is 11.3 Å². The van der Waals surface area contributed by atoms with Crippen molar-refractivity contribution in [2.75, 3.05) is 32.7 Å². The molecule has 0 bridgehead atoms. The number of hydrogen-bond donors (Lipinski definition) is 1. The van der Waals surface area contributed by atoms with Crippen LogP contribution in [0.4, 0.5) is 4.79 Å². The molecule has 3 fully saturated rings. The van der Waals surface area contributed by atoms with E-state index in [1.54, 1.807) is 0 Å². The van der Waals surface area contributed by atoms with Gasteiger partial charge >= 0.3 is 6.03 Å². The predicted octanol–water partition coefficient (Wildman–Crippen LogP) is 1.44. The van der Waals surface area contributed by atoms with E-state index in [2.05, 4.69) is 12.2 Å². The Balaban J connectivity index is 1.53. The first-order valence-corrected chi connectivity index (χ1v) is 7.89. The van der Waals surface area contributed by atoms with E-state index in [9.17, 15) is 9.59 Å². The van der Waals surface area contributed by atoms with Crippen LogP contribution in [0.3, 0.4) is 0 Å². The lowest BCUT2D eigenvalue weighted by atomic mass is 9.78. The topological polar surface area (TPSA) is 52.7 Å². The fourth-order valence-electron chi connectivity index (χ4n) is 3.68. The van der Waals surface area contributed by atoms with E-state index in [0.29, 0.717) is 6.42 Å². The van der Waals surface area contributed by atoms with Crippen molar-refractivity contribution in [1.82, 2.24) is 15.1 Å². The molecule has 0 aromatic heterocycles. The van der Waals surface area contributed by atoms with E-state index < -0.39 is 0 Å². The number of amides is 3. The highest BCUT2D eigenvalue weighted by atomic mass is 16.2. The van der Waals surface area contributed by atoms with Gasteiger partial charge in [0.25, 0.3) is 0 Å². The molecule has 3 aliphatic heterocycles. The monoisotopic (exact) mass is 279 g/mol. The van der Waals surface area contributed by atoms with Crippen LogP contribution < -0.4 is 5.32 Å². The Bertz CT molecular complexity index is 394. The maximum Gasteiger partial charge on any atom is 0.319 e. The van der Waals surface area contributed by atoms with Crippen molar-refractivity contribution in [3.8, 4) is 0 Å². The second-order valence-electron chi connectivity index (χ2n) is 6.89. The summed E-state index contributed by atoms with van der Waals surface area (Å²) in [6, 6.07) is 0.212. The fourth-order valence-corrected chi connectivity index (χ4v) is 3.68. The molecule has 0 aliphatic carbocycles. The lowest BCUT2D eigenvalue weighted by molar-refractivity contribution is -0.119. The third-order valence-electron chi connectivity index (χ3n) is 5.34. The van der Waals surface area contributed by atoms with Gasteiger partial charge in [0, 0.05) is 39.1 Å². The average Bonchev–Trinajstić information content (AvgIpc) is 2.81. The Morgan fingerprint density at radius 3 is 2.30 bits per heavy atom. The minimum absolute atomic E-state index is 0.129. The molecular formula is C15H25N3O2. The van der Waals surface area contributed by atoms with Gasteiger partial charge in [-0.1, -0.05) is 6.92 Å². The number of carbonyl (C=O) groups excluding carboxylic acids is 2. The number of nitrogens with zero attached hydrogens (tertiary/aromatic N) is 2. The normalized spacial score (nSPS) is 26.9. The molecule has 3 amide bonds. The van der Waals surface area contributed by atoms with E-state index in [-0.39, 0.29) is 17.4 Å². The first kappa shape index (κ1) is 13.7. The van der Waals surface area contributed by atoms with E-state index in [1.807, 2.05) is 9.80 Å². The Hall–Kier alpha value is -1.26. The standard InChI is InChI=1S/C15H25N3O2/c1-12-2-6-17(7-3-12)14(20)18-8-4-15(5-9-18)10-13(19)16-11-15/h12H,2-11H2,1H3,(H,16,19). The zero-order valence-corrected chi connectivity index (χ0v) is 12.4. The Morgan fingerprint density at radius 1 is 1.15 bits per heavy atom. The number of likely N-dealkylation sites (tertiary alicyclic amines) is 2. The third kappa shape index (κ3) is 2.63. The lowest BCUT2D eigenvalue weighted by Gasteiger charge is -2.41. The smallest absolute Gasteiger partial charge is 0.319 e. The predicted molar refractivity (Wildman–Crippen MR) is 76.2 cm³/mol. The van der Waals surface area contributed by atoms with Crippen molar-refractivity contribution in [3.63, 3.8) is 0 Å². The zero-order valence-electron chi connectivity index (χ0n) is 12.4. The number of nitrogens with one attached hydrogen (secondary N) is 1. The number of carbonyl (C=O) groups is 2. The SMILES string of the molecule is CC1CCN(C(=O)N2CCC3(CC2)CNC(=O)C3)CC1. The van der Waals surface area contributed by atoms with Crippen LogP contribution in [-0.4, -0.2) is 54.5 Å². The van der Waals surface area contributed by atoms with Crippen LogP contribution in [0.1, 0.15) is 39.0 Å². The molecule has 0 aromatic carbocycles. The summed E-state index contributed by atoms with van der Waals surface area (Å²) in [6.07, 6.45) is 4.82. The molecule has 112 valence electrons. The van der Waals surface area contributed by atoms with E-state index in [0.717, 1.165) is 64.3 Å². The minimum atomic E-state index is 0.129. The fraction of sp³-hybridized carbons (Fsp3) is 0.867. The zero-order chi connectivity index (χ0) is 14.2. The maximum absolute atomic E-state index is 12.5. The lowest BCUT2D eigenvalue weighted by Crippen LogP contribution is -2.51. The van der Waals surface area contributed by atoms with Crippen molar-refractivity contribution in [1.29, 1.82) is 0 Å².